The maximum atomic E-state index is 13.3. The largest absolute Gasteiger partial charge is 0.497 e. The van der Waals surface area contributed by atoms with Gasteiger partial charge in [-0.05, 0) is 42.2 Å². The number of carboxylic acids is 1. The molecule has 3 N–H and O–H groups in total. The van der Waals surface area contributed by atoms with E-state index in [-0.39, 0.29) is 12.3 Å². The minimum atomic E-state index is -1.06. The van der Waals surface area contributed by atoms with Crippen molar-refractivity contribution in [2.24, 2.45) is 5.92 Å². The van der Waals surface area contributed by atoms with Gasteiger partial charge in [-0.1, -0.05) is 30.3 Å². The summed E-state index contributed by atoms with van der Waals surface area (Å²) in [6.45, 7) is 1.89. The molecule has 2 heterocycles. The van der Waals surface area contributed by atoms with Gasteiger partial charge in [0.15, 0.2) is 0 Å². The predicted molar refractivity (Wildman–Crippen MR) is 138 cm³/mol. The van der Waals surface area contributed by atoms with Crippen molar-refractivity contribution in [2.45, 2.75) is 38.3 Å². The number of para-hydroxylation sites is 1. The Bertz CT molecular complexity index is 1240. The zero-order chi connectivity index (χ0) is 26.2. The fraction of sp³-hybridized carbons (Fsp3) is 0.393. The van der Waals surface area contributed by atoms with Gasteiger partial charge in [0, 0.05) is 42.5 Å². The van der Waals surface area contributed by atoms with Crippen LogP contribution >= 0.6 is 0 Å². The number of carbonyl (C=O) groups excluding carboxylic acids is 2. The lowest BCUT2D eigenvalue weighted by Gasteiger charge is -2.22. The van der Waals surface area contributed by atoms with Crippen LogP contribution in [0.3, 0.4) is 0 Å². The highest BCUT2D eigenvalue weighted by atomic mass is 16.5. The molecular weight excluding hydrogens is 474 g/mol. The van der Waals surface area contributed by atoms with Crippen LogP contribution < -0.4 is 15.4 Å². The van der Waals surface area contributed by atoms with Crippen LogP contribution in [0.2, 0.25) is 0 Å². The summed E-state index contributed by atoms with van der Waals surface area (Å²) >= 11 is 0. The van der Waals surface area contributed by atoms with Crippen molar-refractivity contribution < 1.29 is 29.0 Å². The van der Waals surface area contributed by atoms with E-state index in [1.54, 1.807) is 7.11 Å². The molecule has 9 heteroatoms. The van der Waals surface area contributed by atoms with E-state index in [0.717, 1.165) is 27.8 Å². The van der Waals surface area contributed by atoms with Gasteiger partial charge in [0.1, 0.15) is 11.8 Å². The van der Waals surface area contributed by atoms with Crippen LogP contribution in [0.1, 0.15) is 24.0 Å². The second-order valence-corrected chi connectivity index (χ2v) is 9.22. The molecule has 0 radical (unpaired) electrons. The lowest BCUT2D eigenvalue weighted by molar-refractivity contribution is -0.141. The van der Waals surface area contributed by atoms with Gasteiger partial charge in [-0.15, -0.1) is 0 Å². The number of methoxy groups -OCH3 is 1. The van der Waals surface area contributed by atoms with Crippen LogP contribution in [0, 0.1) is 5.92 Å². The molecule has 3 aromatic rings. The minimum absolute atomic E-state index is 0.296. The molecule has 2 amide bonds. The number of carboxylic acid groups (broad SMARTS) is 1. The van der Waals surface area contributed by atoms with Gasteiger partial charge in [0.25, 0.3) is 0 Å². The number of hydrogen-bond donors (Lipinski definition) is 3. The average Bonchev–Trinajstić information content (AvgIpc) is 3.24. The first-order valence-corrected chi connectivity index (χ1v) is 12.5. The van der Waals surface area contributed by atoms with Crippen molar-refractivity contribution in [1.29, 1.82) is 0 Å². The lowest BCUT2D eigenvalue weighted by Crippen LogP contribution is -2.50. The number of hydrogen-bond acceptors (Lipinski definition) is 5. The Morgan fingerprint density at radius 1 is 1.19 bits per heavy atom. The number of carbonyl (C=O) groups is 3. The molecule has 0 aliphatic carbocycles. The Kier molecular flexibility index (Phi) is 8.79. The molecule has 0 unspecified atom stereocenters. The molecule has 196 valence electrons. The number of aliphatic carboxylic acids is 1. The Morgan fingerprint density at radius 3 is 2.73 bits per heavy atom. The third kappa shape index (κ3) is 6.89. The summed E-state index contributed by atoms with van der Waals surface area (Å²) in [4.78, 5) is 38.0. The van der Waals surface area contributed by atoms with Gasteiger partial charge in [-0.2, -0.15) is 0 Å². The molecule has 0 saturated carbocycles. The zero-order valence-electron chi connectivity index (χ0n) is 20.9. The number of aryl methyl sites for hydroxylation is 1. The Morgan fingerprint density at radius 2 is 1.97 bits per heavy atom. The van der Waals surface area contributed by atoms with E-state index in [9.17, 15) is 19.5 Å². The summed E-state index contributed by atoms with van der Waals surface area (Å²) in [6, 6.07) is 14.5. The highest BCUT2D eigenvalue weighted by Gasteiger charge is 2.28. The maximum absolute atomic E-state index is 13.3. The SMILES string of the molecule is COc1ccc(CC[C@H](CC(=O)O)C(=O)N[C@H]2Cc3cn(c4ccccc34)CCOCCNC2=O)cc1. The number of ether oxygens (including phenoxy) is 2. The predicted octanol–water partition coefficient (Wildman–Crippen LogP) is 2.55. The van der Waals surface area contributed by atoms with Gasteiger partial charge in [-0.3, -0.25) is 14.4 Å². The fourth-order valence-electron chi connectivity index (χ4n) is 4.69. The van der Waals surface area contributed by atoms with Crippen LogP contribution in [-0.4, -0.2) is 60.4 Å². The fourth-order valence-corrected chi connectivity index (χ4v) is 4.69. The molecule has 0 saturated heterocycles. The highest BCUT2D eigenvalue weighted by molar-refractivity contribution is 5.91. The van der Waals surface area contributed by atoms with Crippen molar-refractivity contribution in [3.63, 3.8) is 0 Å². The van der Waals surface area contributed by atoms with Gasteiger partial charge < -0.3 is 29.8 Å². The number of fused-ring (bicyclic) bond motifs is 5. The number of rotatable bonds is 8. The normalized spacial score (nSPS) is 17.2. The van der Waals surface area contributed by atoms with E-state index in [0.29, 0.717) is 45.6 Å². The van der Waals surface area contributed by atoms with E-state index in [1.807, 2.05) is 54.7 Å². The van der Waals surface area contributed by atoms with Crippen LogP contribution in [0.25, 0.3) is 10.9 Å². The Hall–Kier alpha value is -3.85. The molecule has 9 nitrogen and oxygen atoms in total. The lowest BCUT2D eigenvalue weighted by atomic mass is 9.94. The number of amides is 2. The van der Waals surface area contributed by atoms with E-state index in [2.05, 4.69) is 15.2 Å². The monoisotopic (exact) mass is 507 g/mol. The summed E-state index contributed by atoms with van der Waals surface area (Å²) in [6.07, 6.45) is 2.84. The van der Waals surface area contributed by atoms with Crippen LogP contribution in [0.15, 0.2) is 54.7 Å². The minimum Gasteiger partial charge on any atom is -0.497 e. The topological polar surface area (TPSA) is 119 Å². The number of nitrogens with one attached hydrogen (secondary N) is 2. The van der Waals surface area contributed by atoms with Gasteiger partial charge in [-0.25, -0.2) is 0 Å². The summed E-state index contributed by atoms with van der Waals surface area (Å²) in [7, 11) is 1.59. The van der Waals surface area contributed by atoms with E-state index in [4.69, 9.17) is 9.47 Å². The summed E-state index contributed by atoms with van der Waals surface area (Å²) in [5, 5.41) is 16.2. The number of benzene rings is 2. The van der Waals surface area contributed by atoms with Crippen LogP contribution in [0.5, 0.6) is 5.75 Å². The standard InChI is InChI=1S/C28H33N3O6/c1-36-22-10-7-19(8-11-22)6-9-20(17-26(32)33)27(34)30-24-16-21-18-31(25-5-3-2-4-23(21)25)13-15-37-14-12-29-28(24)35/h2-5,7-8,10-11,18,20,24H,6,9,12-17H2,1H3,(H,29,35)(H,30,34)(H,32,33)/t20-,24+/m1/s1. The molecular formula is C28H33N3O6. The molecule has 2 aromatic carbocycles. The third-order valence-corrected chi connectivity index (χ3v) is 6.68. The molecule has 37 heavy (non-hydrogen) atoms. The molecule has 0 fully saturated rings. The van der Waals surface area contributed by atoms with Crippen LogP contribution in [-0.2, 0) is 38.5 Å². The van der Waals surface area contributed by atoms with Crippen molar-refractivity contribution in [3.05, 3.63) is 65.9 Å². The van der Waals surface area contributed by atoms with E-state index in [1.165, 1.54) is 0 Å². The second-order valence-electron chi connectivity index (χ2n) is 9.22. The summed E-state index contributed by atoms with van der Waals surface area (Å²) < 4.78 is 12.9. The maximum Gasteiger partial charge on any atom is 0.304 e. The molecule has 1 aliphatic heterocycles. The molecule has 2 bridgehead atoms. The number of aromatic nitrogens is 1. The smallest absolute Gasteiger partial charge is 0.304 e. The summed E-state index contributed by atoms with van der Waals surface area (Å²) in [5.74, 6) is -1.87. The molecule has 4 rings (SSSR count). The van der Waals surface area contributed by atoms with Gasteiger partial charge in [0.05, 0.1) is 26.7 Å². The van der Waals surface area contributed by atoms with Crippen molar-refractivity contribution >= 4 is 28.7 Å². The highest BCUT2D eigenvalue weighted by Crippen LogP contribution is 2.24. The first kappa shape index (κ1) is 26.2. The molecule has 1 aromatic heterocycles. The first-order chi connectivity index (χ1) is 17.9. The third-order valence-electron chi connectivity index (χ3n) is 6.68. The summed E-state index contributed by atoms with van der Waals surface area (Å²) in [5.41, 5.74) is 2.94. The van der Waals surface area contributed by atoms with Crippen molar-refractivity contribution in [1.82, 2.24) is 15.2 Å². The second kappa shape index (κ2) is 12.4. The van der Waals surface area contributed by atoms with Crippen molar-refractivity contribution in [2.75, 3.05) is 26.9 Å². The Balaban J connectivity index is 1.53. The molecule has 2 atom stereocenters. The molecule has 1 aliphatic rings. The average molecular weight is 508 g/mol. The molecule has 0 spiro atoms. The van der Waals surface area contributed by atoms with E-state index >= 15 is 0 Å². The number of nitrogens with zero attached hydrogens (tertiary/aromatic N) is 1. The quantitative estimate of drug-likeness (QED) is 0.431. The Labute approximate surface area is 215 Å². The van der Waals surface area contributed by atoms with E-state index < -0.39 is 23.8 Å². The van der Waals surface area contributed by atoms with Gasteiger partial charge >= 0.3 is 5.97 Å². The van der Waals surface area contributed by atoms with Gasteiger partial charge in [0.2, 0.25) is 11.8 Å². The zero-order valence-corrected chi connectivity index (χ0v) is 20.9. The first-order valence-electron chi connectivity index (χ1n) is 12.5. The van der Waals surface area contributed by atoms with Crippen LogP contribution in [0.4, 0.5) is 0 Å². The van der Waals surface area contributed by atoms with Crippen molar-refractivity contribution in [3.8, 4) is 5.75 Å².